The average Bonchev–Trinajstić information content (AvgIpc) is 3.40. The van der Waals surface area contributed by atoms with Gasteiger partial charge in [0, 0.05) is 19.8 Å². The lowest BCUT2D eigenvalue weighted by atomic mass is 9.95. The summed E-state index contributed by atoms with van der Waals surface area (Å²) in [4.78, 5) is 45.3. The van der Waals surface area contributed by atoms with E-state index in [1.807, 2.05) is 72.8 Å². The predicted octanol–water partition coefficient (Wildman–Crippen LogP) is 3.07. The van der Waals surface area contributed by atoms with Crippen LogP contribution in [0, 0.1) is 0 Å². The van der Waals surface area contributed by atoms with E-state index in [4.69, 9.17) is 9.73 Å². The molecule has 9 nitrogen and oxygen atoms in total. The van der Waals surface area contributed by atoms with Gasteiger partial charge in [0.25, 0.3) is 11.5 Å². The van der Waals surface area contributed by atoms with Gasteiger partial charge in [0.2, 0.25) is 0 Å². The largest absolute Gasteiger partial charge is 0.497 e. The van der Waals surface area contributed by atoms with Crippen LogP contribution in [0.1, 0.15) is 24.1 Å². The van der Waals surface area contributed by atoms with Crippen LogP contribution < -0.4 is 30.6 Å². The summed E-state index contributed by atoms with van der Waals surface area (Å²) in [6.07, 6.45) is 1.80. The number of allylic oxidation sites excluding steroid dienone is 1. The van der Waals surface area contributed by atoms with Gasteiger partial charge in [-0.25, -0.2) is 9.79 Å². The molecular weight excluding hydrogens is 538 g/mol. The maximum atomic E-state index is 14.0. The Morgan fingerprint density at radius 3 is 2.39 bits per heavy atom. The Kier molecular flexibility index (Phi) is 6.55. The molecule has 41 heavy (non-hydrogen) atoms. The normalized spacial score (nSPS) is 15.1. The van der Waals surface area contributed by atoms with Crippen molar-refractivity contribution in [3.8, 4) is 5.75 Å². The van der Waals surface area contributed by atoms with Gasteiger partial charge in [-0.05, 0) is 60.5 Å². The number of fused-ring (bicyclic) bond motifs is 2. The Morgan fingerprint density at radius 1 is 0.976 bits per heavy atom. The summed E-state index contributed by atoms with van der Waals surface area (Å²) >= 11 is 1.27. The van der Waals surface area contributed by atoms with Crippen LogP contribution in [0.3, 0.4) is 0 Å². The number of rotatable bonds is 5. The van der Waals surface area contributed by atoms with E-state index in [-0.39, 0.29) is 17.2 Å². The van der Waals surface area contributed by atoms with Gasteiger partial charge in [0.15, 0.2) is 4.80 Å². The first-order chi connectivity index (χ1) is 19.8. The minimum Gasteiger partial charge on any atom is -0.497 e. The molecule has 1 aliphatic rings. The standard InChI is InChI=1S/C31H27N5O4S/c1-18-26(28(37)33-21-8-6-5-7-9-21)27(20-11-13-22(40-4)14-12-20)36-29(38)25(41-30(36)32-18)17-19-10-15-23-24(16-19)35(3)31(39)34(23)2/h5-17,27H,1-4H3,(H,33,37)/b25-17-/t27-/m1/s1. The number of amides is 1. The van der Waals surface area contributed by atoms with Crippen LogP contribution in [0.25, 0.3) is 17.1 Å². The van der Waals surface area contributed by atoms with Crippen molar-refractivity contribution in [2.45, 2.75) is 13.0 Å². The lowest BCUT2D eigenvalue weighted by Gasteiger charge is -2.25. The Labute approximate surface area is 238 Å². The third kappa shape index (κ3) is 4.52. The van der Waals surface area contributed by atoms with E-state index >= 15 is 0 Å². The van der Waals surface area contributed by atoms with Gasteiger partial charge in [-0.1, -0.05) is 47.7 Å². The van der Waals surface area contributed by atoms with Crippen molar-refractivity contribution in [2.24, 2.45) is 19.1 Å². The van der Waals surface area contributed by atoms with E-state index in [2.05, 4.69) is 5.32 Å². The number of nitrogens with one attached hydrogen (secondary N) is 1. The second-order valence-corrected chi connectivity index (χ2v) is 10.8. The van der Waals surface area contributed by atoms with E-state index in [1.54, 1.807) is 47.9 Å². The number of thiazole rings is 1. The number of benzene rings is 3. The number of anilines is 1. The van der Waals surface area contributed by atoms with Crippen molar-refractivity contribution in [3.63, 3.8) is 0 Å². The summed E-state index contributed by atoms with van der Waals surface area (Å²) in [5.74, 6) is 0.339. The van der Waals surface area contributed by atoms with Crippen LogP contribution in [0.5, 0.6) is 5.75 Å². The fourth-order valence-electron chi connectivity index (χ4n) is 5.20. The van der Waals surface area contributed by atoms with Gasteiger partial charge in [0.05, 0.1) is 40.0 Å². The number of methoxy groups -OCH3 is 1. The highest BCUT2D eigenvalue weighted by atomic mass is 32.1. The lowest BCUT2D eigenvalue weighted by molar-refractivity contribution is -0.113. The smallest absolute Gasteiger partial charge is 0.328 e. The summed E-state index contributed by atoms with van der Waals surface area (Å²) < 4.78 is 10.6. The Hall–Kier alpha value is -4.96. The molecule has 6 rings (SSSR count). The van der Waals surface area contributed by atoms with Crippen LogP contribution in [-0.2, 0) is 18.9 Å². The van der Waals surface area contributed by atoms with Crippen LogP contribution in [-0.4, -0.2) is 26.7 Å². The van der Waals surface area contributed by atoms with Crippen molar-refractivity contribution >= 4 is 40.0 Å². The molecule has 1 N–H and O–H groups in total. The third-order valence-electron chi connectivity index (χ3n) is 7.32. The Balaban J connectivity index is 1.51. The predicted molar refractivity (Wildman–Crippen MR) is 160 cm³/mol. The summed E-state index contributed by atoms with van der Waals surface area (Å²) in [5.41, 5.74) is 4.31. The van der Waals surface area contributed by atoms with Gasteiger partial charge < -0.3 is 10.1 Å². The average molecular weight is 566 g/mol. The van der Waals surface area contributed by atoms with Crippen molar-refractivity contribution in [1.29, 1.82) is 0 Å². The van der Waals surface area contributed by atoms with E-state index in [9.17, 15) is 14.4 Å². The maximum Gasteiger partial charge on any atom is 0.328 e. The first kappa shape index (κ1) is 26.3. The minimum absolute atomic E-state index is 0.118. The molecule has 1 aliphatic heterocycles. The van der Waals surface area contributed by atoms with Crippen molar-refractivity contribution in [1.82, 2.24) is 13.7 Å². The van der Waals surface area contributed by atoms with Crippen LogP contribution >= 0.6 is 11.3 Å². The number of aromatic nitrogens is 3. The van der Waals surface area contributed by atoms with Crippen LogP contribution in [0.4, 0.5) is 5.69 Å². The fourth-order valence-corrected chi connectivity index (χ4v) is 6.24. The first-order valence-electron chi connectivity index (χ1n) is 12.9. The van der Waals surface area contributed by atoms with E-state index in [1.165, 1.54) is 11.3 Å². The molecule has 0 fully saturated rings. The topological polar surface area (TPSA) is 99.6 Å². The molecule has 0 aliphatic carbocycles. The van der Waals surface area contributed by atoms with Crippen molar-refractivity contribution in [3.05, 3.63) is 125 Å². The van der Waals surface area contributed by atoms with Gasteiger partial charge >= 0.3 is 5.69 Å². The highest BCUT2D eigenvalue weighted by Gasteiger charge is 2.32. The molecule has 3 heterocycles. The third-order valence-corrected chi connectivity index (χ3v) is 8.31. The summed E-state index contributed by atoms with van der Waals surface area (Å²) in [6.45, 7) is 1.79. The molecule has 0 bridgehead atoms. The van der Waals surface area contributed by atoms with Gasteiger partial charge in [-0.15, -0.1) is 0 Å². The number of hydrogen-bond acceptors (Lipinski definition) is 6. The van der Waals surface area contributed by atoms with Gasteiger partial charge in [-0.3, -0.25) is 23.3 Å². The molecule has 0 spiro atoms. The highest BCUT2D eigenvalue weighted by Crippen LogP contribution is 2.31. The van der Waals surface area contributed by atoms with Crippen molar-refractivity contribution < 1.29 is 9.53 Å². The molecule has 0 saturated heterocycles. The summed E-state index contributed by atoms with van der Waals surface area (Å²) in [7, 11) is 5.04. The molecule has 1 atom stereocenters. The number of ether oxygens (including phenoxy) is 1. The molecule has 0 saturated carbocycles. The van der Waals surface area contributed by atoms with E-state index < -0.39 is 6.04 Å². The molecule has 0 unspecified atom stereocenters. The quantitative estimate of drug-likeness (QED) is 0.354. The van der Waals surface area contributed by atoms with Crippen LogP contribution in [0.15, 0.2) is 98.6 Å². The number of para-hydroxylation sites is 1. The fraction of sp³-hybridized carbons (Fsp3) is 0.161. The zero-order valence-corrected chi connectivity index (χ0v) is 23.7. The summed E-state index contributed by atoms with van der Waals surface area (Å²) in [5, 5.41) is 2.96. The Bertz CT molecular complexity index is 2100. The summed E-state index contributed by atoms with van der Waals surface area (Å²) in [6, 6.07) is 21.5. The highest BCUT2D eigenvalue weighted by molar-refractivity contribution is 7.07. The number of carbonyl (C=O) groups excluding carboxylic acids is 1. The monoisotopic (exact) mass is 565 g/mol. The number of carbonyl (C=O) groups is 1. The number of aryl methyl sites for hydroxylation is 2. The van der Waals surface area contributed by atoms with E-state index in [0.717, 1.165) is 22.2 Å². The molecule has 10 heteroatoms. The van der Waals surface area contributed by atoms with Gasteiger partial charge in [-0.2, -0.15) is 0 Å². The van der Waals surface area contributed by atoms with Gasteiger partial charge in [0.1, 0.15) is 5.75 Å². The molecule has 5 aromatic rings. The minimum atomic E-state index is -0.694. The molecule has 3 aromatic carbocycles. The Morgan fingerprint density at radius 2 is 1.68 bits per heavy atom. The molecule has 2 aromatic heterocycles. The lowest BCUT2D eigenvalue weighted by Crippen LogP contribution is -2.40. The second-order valence-electron chi connectivity index (χ2n) is 9.82. The zero-order valence-electron chi connectivity index (χ0n) is 22.9. The second kappa shape index (κ2) is 10.2. The van der Waals surface area contributed by atoms with Crippen molar-refractivity contribution in [2.75, 3.05) is 12.4 Å². The molecular formula is C31H27N5O4S. The number of nitrogens with zero attached hydrogens (tertiary/aromatic N) is 4. The zero-order chi connectivity index (χ0) is 28.8. The SMILES string of the molecule is COc1ccc([C@@H]2C(C(=O)Nc3ccccc3)=C(C)N=c3s/c(=C\c4ccc5c(c4)n(C)c(=O)n5C)c(=O)n32)cc1. The maximum absolute atomic E-state index is 14.0. The van der Waals surface area contributed by atoms with Crippen LogP contribution in [0.2, 0.25) is 0 Å². The molecule has 206 valence electrons. The van der Waals surface area contributed by atoms with E-state index in [0.29, 0.717) is 32.0 Å². The molecule has 0 radical (unpaired) electrons. The number of imidazole rings is 1. The first-order valence-corrected chi connectivity index (χ1v) is 13.8. The molecule has 1 amide bonds. The number of hydrogen-bond donors (Lipinski definition) is 1.